The molecule has 2 aliphatic rings. The van der Waals surface area contributed by atoms with E-state index >= 15 is 0 Å². The third-order valence-electron chi connectivity index (χ3n) is 4.62. The Bertz CT molecular complexity index is 506. The van der Waals surface area contributed by atoms with Crippen molar-refractivity contribution in [2.75, 3.05) is 19.7 Å². The number of benzene rings is 1. The zero-order valence-electron chi connectivity index (χ0n) is 13.0. The summed E-state index contributed by atoms with van der Waals surface area (Å²) in [5.74, 6) is 1.14. The molecule has 3 nitrogen and oxygen atoms in total. The number of rotatable bonds is 4. The summed E-state index contributed by atoms with van der Waals surface area (Å²) in [6.45, 7) is 8.62. The van der Waals surface area contributed by atoms with Crippen LogP contribution in [0.5, 0.6) is 5.75 Å². The highest BCUT2D eigenvalue weighted by molar-refractivity contribution is 9.10. The summed E-state index contributed by atoms with van der Waals surface area (Å²) in [5.41, 5.74) is 2.69. The Hall–Kier alpha value is -0.580. The zero-order chi connectivity index (χ0) is 14.8. The van der Waals surface area contributed by atoms with Gasteiger partial charge in [0.25, 0.3) is 0 Å². The van der Waals surface area contributed by atoms with Crippen molar-refractivity contribution in [1.82, 2.24) is 10.2 Å². The SMILES string of the molecule is CCCC1CN(Cc2cc(Br)cc3c2OCC3)C(C)CN1. The lowest BCUT2D eigenvalue weighted by Crippen LogP contribution is -2.54. The average Bonchev–Trinajstić information content (AvgIpc) is 2.91. The molecule has 0 spiro atoms. The fraction of sp³-hybridized carbons (Fsp3) is 0.647. The van der Waals surface area contributed by atoms with Crippen LogP contribution in [0.4, 0.5) is 0 Å². The van der Waals surface area contributed by atoms with E-state index in [4.69, 9.17) is 4.74 Å². The first-order valence-corrected chi connectivity index (χ1v) is 8.88. The summed E-state index contributed by atoms with van der Waals surface area (Å²) in [6, 6.07) is 5.64. The molecule has 1 aromatic carbocycles. The summed E-state index contributed by atoms with van der Waals surface area (Å²) >= 11 is 3.65. The Morgan fingerprint density at radius 1 is 1.43 bits per heavy atom. The average molecular weight is 353 g/mol. The monoisotopic (exact) mass is 352 g/mol. The van der Waals surface area contributed by atoms with E-state index < -0.39 is 0 Å². The molecular formula is C17H25BrN2O. The number of nitrogens with one attached hydrogen (secondary N) is 1. The van der Waals surface area contributed by atoms with Crippen molar-refractivity contribution in [1.29, 1.82) is 0 Å². The van der Waals surface area contributed by atoms with Gasteiger partial charge in [-0.15, -0.1) is 0 Å². The number of nitrogens with zero attached hydrogens (tertiary/aromatic N) is 1. The molecule has 0 amide bonds. The van der Waals surface area contributed by atoms with Gasteiger partial charge in [-0.3, -0.25) is 4.90 Å². The molecule has 0 bridgehead atoms. The third kappa shape index (κ3) is 3.43. The molecule has 21 heavy (non-hydrogen) atoms. The van der Waals surface area contributed by atoms with Gasteiger partial charge in [0.15, 0.2) is 0 Å². The zero-order valence-corrected chi connectivity index (χ0v) is 14.6. The topological polar surface area (TPSA) is 24.5 Å². The van der Waals surface area contributed by atoms with E-state index in [0.29, 0.717) is 12.1 Å². The van der Waals surface area contributed by atoms with Gasteiger partial charge in [-0.25, -0.2) is 0 Å². The molecule has 0 aromatic heterocycles. The van der Waals surface area contributed by atoms with Crippen molar-refractivity contribution in [2.24, 2.45) is 0 Å². The number of piperazine rings is 1. The Labute approximate surface area is 136 Å². The molecule has 2 atom stereocenters. The van der Waals surface area contributed by atoms with Crippen LogP contribution in [0.3, 0.4) is 0 Å². The van der Waals surface area contributed by atoms with Crippen LogP contribution in [0.2, 0.25) is 0 Å². The minimum atomic E-state index is 0.578. The summed E-state index contributed by atoms with van der Waals surface area (Å²) < 4.78 is 7.05. The number of hydrogen-bond donors (Lipinski definition) is 1. The smallest absolute Gasteiger partial charge is 0.127 e. The van der Waals surface area contributed by atoms with E-state index in [2.05, 4.69) is 52.1 Å². The van der Waals surface area contributed by atoms with Crippen LogP contribution in [0.25, 0.3) is 0 Å². The number of ether oxygens (including phenoxy) is 1. The third-order valence-corrected chi connectivity index (χ3v) is 5.07. The van der Waals surface area contributed by atoms with E-state index in [9.17, 15) is 0 Å². The maximum absolute atomic E-state index is 5.87. The molecule has 1 saturated heterocycles. The van der Waals surface area contributed by atoms with Gasteiger partial charge in [0.2, 0.25) is 0 Å². The lowest BCUT2D eigenvalue weighted by Gasteiger charge is -2.39. The minimum absolute atomic E-state index is 0.578. The highest BCUT2D eigenvalue weighted by atomic mass is 79.9. The number of hydrogen-bond acceptors (Lipinski definition) is 3. The normalized spacial score (nSPS) is 25.7. The summed E-state index contributed by atoms with van der Waals surface area (Å²) in [6.07, 6.45) is 3.54. The second-order valence-corrected chi connectivity index (χ2v) is 7.24. The fourth-order valence-corrected chi connectivity index (χ4v) is 3.99. The molecule has 2 heterocycles. The molecule has 116 valence electrons. The fourth-order valence-electron chi connectivity index (χ4n) is 3.44. The van der Waals surface area contributed by atoms with E-state index in [1.165, 1.54) is 28.4 Å². The molecule has 1 aromatic rings. The Balaban J connectivity index is 1.76. The van der Waals surface area contributed by atoms with E-state index in [-0.39, 0.29) is 0 Å². The van der Waals surface area contributed by atoms with Crippen molar-refractivity contribution >= 4 is 15.9 Å². The van der Waals surface area contributed by atoms with Crippen molar-refractivity contribution in [3.05, 3.63) is 27.7 Å². The summed E-state index contributed by atoms with van der Waals surface area (Å²) in [4.78, 5) is 2.60. The first-order valence-electron chi connectivity index (χ1n) is 8.09. The van der Waals surface area contributed by atoms with E-state index in [0.717, 1.165) is 38.4 Å². The standard InChI is InChI=1S/C17H25BrN2O/c1-3-4-16-11-20(12(2)9-19-16)10-14-8-15(18)7-13-5-6-21-17(13)14/h7-8,12,16,19H,3-6,9-11H2,1-2H3. The van der Waals surface area contributed by atoms with Gasteiger partial charge < -0.3 is 10.1 Å². The maximum atomic E-state index is 5.87. The Kier molecular flexibility index (Phi) is 4.87. The lowest BCUT2D eigenvalue weighted by molar-refractivity contribution is 0.128. The minimum Gasteiger partial charge on any atom is -0.493 e. The van der Waals surface area contributed by atoms with Gasteiger partial charge in [-0.05, 0) is 31.0 Å². The predicted octanol–water partition coefficient (Wildman–Crippen LogP) is 3.35. The van der Waals surface area contributed by atoms with Crippen molar-refractivity contribution in [3.63, 3.8) is 0 Å². The first kappa shape index (κ1) is 15.3. The maximum Gasteiger partial charge on any atom is 0.127 e. The van der Waals surface area contributed by atoms with Gasteiger partial charge in [0.1, 0.15) is 5.75 Å². The predicted molar refractivity (Wildman–Crippen MR) is 89.9 cm³/mol. The van der Waals surface area contributed by atoms with E-state index in [1.807, 2.05) is 0 Å². The number of halogens is 1. The molecule has 4 heteroatoms. The lowest BCUT2D eigenvalue weighted by atomic mass is 10.0. The molecule has 1 N–H and O–H groups in total. The molecule has 0 saturated carbocycles. The van der Waals surface area contributed by atoms with Crippen LogP contribution in [-0.2, 0) is 13.0 Å². The van der Waals surface area contributed by atoms with Crippen LogP contribution < -0.4 is 10.1 Å². The van der Waals surface area contributed by atoms with Gasteiger partial charge in [0.05, 0.1) is 6.61 Å². The van der Waals surface area contributed by atoms with Crippen molar-refractivity contribution < 1.29 is 4.74 Å². The quantitative estimate of drug-likeness (QED) is 0.899. The van der Waals surface area contributed by atoms with Crippen molar-refractivity contribution in [2.45, 2.75) is 51.7 Å². The second-order valence-electron chi connectivity index (χ2n) is 6.32. The van der Waals surface area contributed by atoms with Gasteiger partial charge in [0, 0.05) is 48.2 Å². The van der Waals surface area contributed by atoms with E-state index in [1.54, 1.807) is 0 Å². The molecule has 1 fully saturated rings. The van der Waals surface area contributed by atoms with Crippen LogP contribution >= 0.6 is 15.9 Å². The van der Waals surface area contributed by atoms with Crippen LogP contribution in [0.15, 0.2) is 16.6 Å². The molecule has 0 aliphatic carbocycles. The first-order chi connectivity index (χ1) is 10.2. The molecule has 0 radical (unpaired) electrons. The molecular weight excluding hydrogens is 328 g/mol. The second kappa shape index (κ2) is 6.67. The van der Waals surface area contributed by atoms with Crippen LogP contribution in [0.1, 0.15) is 37.8 Å². The summed E-state index contributed by atoms with van der Waals surface area (Å²) in [5, 5.41) is 3.67. The highest BCUT2D eigenvalue weighted by Crippen LogP contribution is 2.34. The highest BCUT2D eigenvalue weighted by Gasteiger charge is 2.26. The van der Waals surface area contributed by atoms with Gasteiger partial charge >= 0.3 is 0 Å². The summed E-state index contributed by atoms with van der Waals surface area (Å²) in [7, 11) is 0. The van der Waals surface area contributed by atoms with Crippen LogP contribution in [-0.4, -0.2) is 36.7 Å². The number of fused-ring (bicyclic) bond motifs is 1. The molecule has 2 unspecified atom stereocenters. The molecule has 3 rings (SSSR count). The Morgan fingerprint density at radius 3 is 3.10 bits per heavy atom. The van der Waals surface area contributed by atoms with Crippen LogP contribution in [0, 0.1) is 0 Å². The van der Waals surface area contributed by atoms with Gasteiger partial charge in [-0.1, -0.05) is 29.3 Å². The van der Waals surface area contributed by atoms with Gasteiger partial charge in [-0.2, -0.15) is 0 Å². The molecule has 2 aliphatic heterocycles. The Morgan fingerprint density at radius 2 is 2.29 bits per heavy atom. The van der Waals surface area contributed by atoms with Crippen molar-refractivity contribution in [3.8, 4) is 5.75 Å². The largest absolute Gasteiger partial charge is 0.493 e.